The van der Waals surface area contributed by atoms with Crippen LogP contribution in [0.2, 0.25) is 0 Å². The molecule has 0 unspecified atom stereocenters. The van der Waals surface area contributed by atoms with E-state index in [1.807, 2.05) is 42.5 Å². The van der Waals surface area contributed by atoms with Gasteiger partial charge in [0.05, 0.1) is 11.9 Å². The Kier molecular flexibility index (Phi) is 3.18. The second-order valence-electron chi connectivity index (χ2n) is 3.20. The second kappa shape index (κ2) is 4.98. The van der Waals surface area contributed by atoms with E-state index in [1.54, 1.807) is 12.4 Å². The molecule has 2 rings (SSSR count). The highest BCUT2D eigenvalue weighted by molar-refractivity contribution is 5.44. The lowest BCUT2D eigenvalue weighted by Crippen LogP contribution is -2.05. The van der Waals surface area contributed by atoms with Gasteiger partial charge in [-0.3, -0.25) is 4.98 Å². The largest absolute Gasteiger partial charge is 0.442 e. The second-order valence-corrected chi connectivity index (χ2v) is 3.20. The Morgan fingerprint density at radius 2 is 1.94 bits per heavy atom. The number of benzene rings is 1. The number of nitrogens with one attached hydrogen (secondary N) is 1. The number of para-hydroxylation sites is 1. The zero-order chi connectivity index (χ0) is 11.2. The van der Waals surface area contributed by atoms with Crippen molar-refractivity contribution in [2.45, 2.75) is 0 Å². The van der Waals surface area contributed by atoms with Gasteiger partial charge in [0.1, 0.15) is 5.75 Å². The summed E-state index contributed by atoms with van der Waals surface area (Å²) in [5.41, 5.74) is 0.850. The molecule has 0 atom stereocenters. The first-order chi connectivity index (χ1) is 7.84. The lowest BCUT2D eigenvalue weighted by atomic mass is 10.3. The van der Waals surface area contributed by atoms with E-state index in [0.29, 0.717) is 5.88 Å². The van der Waals surface area contributed by atoms with Crippen molar-refractivity contribution < 1.29 is 4.74 Å². The molecule has 2 aromatic rings. The van der Waals surface area contributed by atoms with Crippen molar-refractivity contribution in [3.05, 3.63) is 67.3 Å². The third-order valence-corrected chi connectivity index (χ3v) is 1.93. The molecule has 1 heterocycles. The third kappa shape index (κ3) is 2.85. The quantitative estimate of drug-likeness (QED) is 0.791. The minimum atomic E-state index is 0.471. The normalized spacial score (nSPS) is 9.50. The first-order valence-corrected chi connectivity index (χ1v) is 4.93. The van der Waals surface area contributed by atoms with Gasteiger partial charge in [-0.05, 0) is 30.8 Å². The number of nitrogens with zero attached hydrogens (tertiary/aromatic N) is 1. The van der Waals surface area contributed by atoms with E-state index in [1.165, 1.54) is 0 Å². The van der Waals surface area contributed by atoms with E-state index in [4.69, 9.17) is 4.74 Å². The van der Waals surface area contributed by atoms with E-state index >= 15 is 0 Å². The van der Waals surface area contributed by atoms with Crippen LogP contribution in [0.3, 0.4) is 0 Å². The Balaban J connectivity index is 1.95. The number of rotatable bonds is 4. The Morgan fingerprint density at radius 1 is 1.12 bits per heavy atom. The summed E-state index contributed by atoms with van der Waals surface area (Å²) in [5.74, 6) is 1.23. The van der Waals surface area contributed by atoms with Crippen molar-refractivity contribution >= 4 is 5.69 Å². The summed E-state index contributed by atoms with van der Waals surface area (Å²) in [5, 5.41) is 3.01. The molecule has 16 heavy (non-hydrogen) atoms. The van der Waals surface area contributed by atoms with Crippen LogP contribution in [-0.2, 0) is 0 Å². The molecule has 0 radical (unpaired) electrons. The van der Waals surface area contributed by atoms with E-state index in [2.05, 4.69) is 16.9 Å². The molecule has 3 heteroatoms. The fourth-order valence-corrected chi connectivity index (χ4v) is 1.25. The van der Waals surface area contributed by atoms with Gasteiger partial charge in [-0.2, -0.15) is 0 Å². The van der Waals surface area contributed by atoms with Crippen LogP contribution in [0, 0.1) is 0 Å². The summed E-state index contributed by atoms with van der Waals surface area (Å²) in [6.07, 6.45) is 3.42. The van der Waals surface area contributed by atoms with E-state index in [-0.39, 0.29) is 0 Å². The van der Waals surface area contributed by atoms with Gasteiger partial charge in [0.25, 0.3) is 0 Å². The molecule has 0 bridgehead atoms. The maximum absolute atomic E-state index is 5.48. The number of ether oxygens (including phenoxy) is 1. The topological polar surface area (TPSA) is 34.2 Å². The average molecular weight is 212 g/mol. The molecule has 80 valence electrons. The van der Waals surface area contributed by atoms with Gasteiger partial charge in [0.15, 0.2) is 5.88 Å². The standard InChI is InChI=1S/C13H12N2O/c1-11(15-12-6-5-9-14-10-12)16-13-7-3-2-4-8-13/h2-10,15H,1H2. The predicted octanol–water partition coefficient (Wildman–Crippen LogP) is 3.04. The van der Waals surface area contributed by atoms with Crippen LogP contribution in [0.1, 0.15) is 0 Å². The van der Waals surface area contributed by atoms with Crippen molar-refractivity contribution in [2.24, 2.45) is 0 Å². The lowest BCUT2D eigenvalue weighted by molar-refractivity contribution is 0.435. The van der Waals surface area contributed by atoms with Crippen molar-refractivity contribution in [1.29, 1.82) is 0 Å². The molecule has 1 aromatic heterocycles. The number of aromatic nitrogens is 1. The van der Waals surface area contributed by atoms with E-state index in [9.17, 15) is 0 Å². The van der Waals surface area contributed by atoms with Crippen LogP contribution in [0.15, 0.2) is 67.3 Å². The first kappa shape index (κ1) is 10.2. The molecule has 0 amide bonds. The molecule has 0 spiro atoms. The third-order valence-electron chi connectivity index (χ3n) is 1.93. The minimum absolute atomic E-state index is 0.471. The van der Waals surface area contributed by atoms with Gasteiger partial charge >= 0.3 is 0 Å². The summed E-state index contributed by atoms with van der Waals surface area (Å²) in [7, 11) is 0. The van der Waals surface area contributed by atoms with Gasteiger partial charge in [-0.25, -0.2) is 0 Å². The van der Waals surface area contributed by atoms with Gasteiger partial charge in [0.2, 0.25) is 0 Å². The lowest BCUT2D eigenvalue weighted by Gasteiger charge is -2.10. The molecular formula is C13H12N2O. The number of hydrogen-bond acceptors (Lipinski definition) is 3. The molecule has 0 saturated carbocycles. The van der Waals surface area contributed by atoms with Gasteiger partial charge in [0, 0.05) is 6.20 Å². The summed E-state index contributed by atoms with van der Waals surface area (Å²) < 4.78 is 5.48. The van der Waals surface area contributed by atoms with Crippen molar-refractivity contribution in [2.75, 3.05) is 5.32 Å². The van der Waals surface area contributed by atoms with Crippen LogP contribution in [0.25, 0.3) is 0 Å². The van der Waals surface area contributed by atoms with Gasteiger partial charge < -0.3 is 10.1 Å². The molecule has 0 aliphatic carbocycles. The molecule has 1 aromatic carbocycles. The molecule has 3 nitrogen and oxygen atoms in total. The Morgan fingerprint density at radius 3 is 2.62 bits per heavy atom. The fraction of sp³-hybridized carbons (Fsp3) is 0. The Bertz CT molecular complexity index is 410. The van der Waals surface area contributed by atoms with Crippen molar-refractivity contribution in [3.63, 3.8) is 0 Å². The Labute approximate surface area is 94.4 Å². The van der Waals surface area contributed by atoms with Gasteiger partial charge in [-0.1, -0.05) is 18.2 Å². The highest BCUT2D eigenvalue weighted by atomic mass is 16.5. The maximum Gasteiger partial charge on any atom is 0.190 e. The molecule has 0 fully saturated rings. The monoisotopic (exact) mass is 212 g/mol. The van der Waals surface area contributed by atoms with Crippen LogP contribution < -0.4 is 10.1 Å². The molecule has 1 N–H and O–H groups in total. The van der Waals surface area contributed by atoms with Crippen LogP contribution >= 0.6 is 0 Å². The molecule has 0 aliphatic heterocycles. The number of anilines is 1. The van der Waals surface area contributed by atoms with Crippen LogP contribution in [-0.4, -0.2) is 4.98 Å². The van der Waals surface area contributed by atoms with Crippen LogP contribution in [0.4, 0.5) is 5.69 Å². The Hall–Kier alpha value is -2.29. The summed E-state index contributed by atoms with van der Waals surface area (Å²) in [6.45, 7) is 3.78. The van der Waals surface area contributed by atoms with E-state index in [0.717, 1.165) is 11.4 Å². The molecular weight excluding hydrogens is 200 g/mol. The number of hydrogen-bond donors (Lipinski definition) is 1. The predicted molar refractivity (Wildman–Crippen MR) is 64.1 cm³/mol. The smallest absolute Gasteiger partial charge is 0.190 e. The van der Waals surface area contributed by atoms with E-state index < -0.39 is 0 Å². The van der Waals surface area contributed by atoms with Crippen molar-refractivity contribution in [1.82, 2.24) is 4.98 Å². The highest BCUT2D eigenvalue weighted by Gasteiger charge is 1.97. The highest BCUT2D eigenvalue weighted by Crippen LogP contribution is 2.13. The fourth-order valence-electron chi connectivity index (χ4n) is 1.25. The molecule has 0 saturated heterocycles. The first-order valence-electron chi connectivity index (χ1n) is 4.93. The summed E-state index contributed by atoms with van der Waals surface area (Å²) >= 11 is 0. The number of pyridine rings is 1. The van der Waals surface area contributed by atoms with Gasteiger partial charge in [-0.15, -0.1) is 0 Å². The summed E-state index contributed by atoms with van der Waals surface area (Å²) in [4.78, 5) is 3.99. The minimum Gasteiger partial charge on any atom is -0.442 e. The molecule has 0 aliphatic rings. The maximum atomic E-state index is 5.48. The summed E-state index contributed by atoms with van der Waals surface area (Å²) in [6, 6.07) is 13.2. The van der Waals surface area contributed by atoms with Crippen molar-refractivity contribution in [3.8, 4) is 5.75 Å². The SMILES string of the molecule is C=C(Nc1cccnc1)Oc1ccccc1. The van der Waals surface area contributed by atoms with Crippen LogP contribution in [0.5, 0.6) is 5.75 Å². The average Bonchev–Trinajstić information content (AvgIpc) is 2.31. The zero-order valence-electron chi connectivity index (χ0n) is 8.76. The zero-order valence-corrected chi connectivity index (χ0v) is 8.76.